The molecule has 0 aromatic heterocycles. The molecule has 0 amide bonds. The maximum atomic E-state index is 12.8. The summed E-state index contributed by atoms with van der Waals surface area (Å²) in [4.78, 5) is 35.7. The number of ether oxygens (including phenoxy) is 2. The summed E-state index contributed by atoms with van der Waals surface area (Å²) in [6.07, 6.45) is 54.5. The molecule has 0 rings (SSSR count). The highest BCUT2D eigenvalue weighted by Crippen LogP contribution is 2.43. The summed E-state index contributed by atoms with van der Waals surface area (Å²) in [5, 5.41) is 0. The number of phosphoric ester groups is 1. The van der Waals surface area contributed by atoms with Gasteiger partial charge in [-0.25, -0.2) is 4.57 Å². The van der Waals surface area contributed by atoms with Crippen molar-refractivity contribution in [1.82, 2.24) is 0 Å². The Morgan fingerprint density at radius 1 is 0.409 bits per heavy atom. The lowest BCUT2D eigenvalue weighted by Gasteiger charge is -2.24. The molecule has 0 bridgehead atoms. The monoisotopic (exact) mass is 959 g/mol. The van der Waals surface area contributed by atoms with Crippen LogP contribution in [0.4, 0.5) is 0 Å². The Balaban J connectivity index is 4.11. The van der Waals surface area contributed by atoms with Crippen LogP contribution in [0, 0.1) is 0 Å². The minimum Gasteiger partial charge on any atom is -0.462 e. The van der Waals surface area contributed by atoms with Gasteiger partial charge in [0.15, 0.2) is 6.10 Å². The lowest BCUT2D eigenvalue weighted by molar-refractivity contribution is -0.870. The number of esters is 2. The number of carbonyl (C=O) groups excluding carboxylic acids is 2. The highest BCUT2D eigenvalue weighted by molar-refractivity contribution is 7.47. The van der Waals surface area contributed by atoms with E-state index in [2.05, 4.69) is 13.8 Å². The fourth-order valence-corrected chi connectivity index (χ4v) is 9.41. The Kier molecular flexibility index (Phi) is 48.3. The fraction of sp³-hybridized carbons (Fsp3) is 0.964. The van der Waals surface area contributed by atoms with Gasteiger partial charge < -0.3 is 18.9 Å². The minimum absolute atomic E-state index is 0.0374. The number of likely N-dealkylation sites (N-methyl/N-ethyl adjacent to an activating group) is 1. The molecule has 0 fully saturated rings. The highest BCUT2D eigenvalue weighted by atomic mass is 31.2. The van der Waals surface area contributed by atoms with E-state index in [0.29, 0.717) is 17.4 Å². The van der Waals surface area contributed by atoms with Gasteiger partial charge in [0, 0.05) is 12.8 Å². The predicted octanol–water partition coefficient (Wildman–Crippen LogP) is 17.5. The number of quaternary nitrogens is 1. The van der Waals surface area contributed by atoms with E-state index in [1.165, 1.54) is 231 Å². The Morgan fingerprint density at radius 2 is 0.682 bits per heavy atom. The van der Waals surface area contributed by atoms with Gasteiger partial charge in [0.1, 0.15) is 19.8 Å². The lowest BCUT2D eigenvalue weighted by atomic mass is 10.0. The Hall–Kier alpha value is -0.990. The van der Waals surface area contributed by atoms with Crippen molar-refractivity contribution in [1.29, 1.82) is 0 Å². The summed E-state index contributed by atoms with van der Waals surface area (Å²) in [5.41, 5.74) is 0. The Labute approximate surface area is 410 Å². The Bertz CT molecular complexity index is 1080. The standard InChI is InChI=1S/C56H112NO8P/c1-6-8-10-12-14-16-18-20-22-24-26-27-28-29-31-32-34-36-38-40-42-44-46-48-55(58)62-52-54(53-64-66(60,61)63-51-50-57(3,4)5)65-56(59)49-47-45-43-41-39-37-35-33-30-25-23-21-19-17-15-13-11-9-7-2/h54H,6-53H2,1-5H3/p+1/t54-/m1/s1. The molecule has 0 radical (unpaired) electrons. The van der Waals surface area contributed by atoms with E-state index in [9.17, 15) is 19.0 Å². The van der Waals surface area contributed by atoms with Gasteiger partial charge in [-0.15, -0.1) is 0 Å². The van der Waals surface area contributed by atoms with Crippen molar-refractivity contribution in [2.45, 2.75) is 302 Å². The second kappa shape index (κ2) is 49.0. The van der Waals surface area contributed by atoms with Crippen molar-refractivity contribution < 1.29 is 42.1 Å². The first-order valence-corrected chi connectivity index (χ1v) is 30.3. The molecule has 0 saturated heterocycles. The number of carbonyl (C=O) groups is 2. The summed E-state index contributed by atoms with van der Waals surface area (Å²) in [7, 11) is 1.50. The van der Waals surface area contributed by atoms with Crippen LogP contribution in [0.3, 0.4) is 0 Å². The third kappa shape index (κ3) is 52.4. The average Bonchev–Trinajstić information content (AvgIpc) is 3.27. The molecular weight excluding hydrogens is 846 g/mol. The molecule has 0 aliphatic heterocycles. The van der Waals surface area contributed by atoms with Crippen LogP contribution in [-0.2, 0) is 32.7 Å². The summed E-state index contributed by atoms with van der Waals surface area (Å²) in [6, 6.07) is 0. The van der Waals surface area contributed by atoms with E-state index >= 15 is 0 Å². The third-order valence-electron chi connectivity index (χ3n) is 13.1. The molecule has 0 aromatic rings. The zero-order valence-electron chi connectivity index (χ0n) is 44.7. The van der Waals surface area contributed by atoms with Crippen LogP contribution in [0.2, 0.25) is 0 Å². The number of hydrogen-bond donors (Lipinski definition) is 1. The van der Waals surface area contributed by atoms with Crippen molar-refractivity contribution in [3.8, 4) is 0 Å². The zero-order chi connectivity index (χ0) is 48.5. The highest BCUT2D eigenvalue weighted by Gasteiger charge is 2.27. The zero-order valence-corrected chi connectivity index (χ0v) is 45.6. The van der Waals surface area contributed by atoms with Gasteiger partial charge in [-0.1, -0.05) is 271 Å². The largest absolute Gasteiger partial charge is 0.472 e. The first-order valence-electron chi connectivity index (χ1n) is 28.8. The van der Waals surface area contributed by atoms with Gasteiger partial charge in [0.2, 0.25) is 0 Å². The van der Waals surface area contributed by atoms with E-state index in [4.69, 9.17) is 18.5 Å². The van der Waals surface area contributed by atoms with Crippen LogP contribution in [0.25, 0.3) is 0 Å². The first kappa shape index (κ1) is 65.0. The van der Waals surface area contributed by atoms with E-state index in [1.54, 1.807) is 0 Å². The molecular formula is C56H113NO8P+. The lowest BCUT2D eigenvalue weighted by Crippen LogP contribution is -2.37. The maximum Gasteiger partial charge on any atom is 0.472 e. The topological polar surface area (TPSA) is 108 Å². The Morgan fingerprint density at radius 3 is 0.970 bits per heavy atom. The molecule has 9 nitrogen and oxygen atoms in total. The van der Waals surface area contributed by atoms with Crippen LogP contribution in [0.15, 0.2) is 0 Å². The summed E-state index contributed by atoms with van der Waals surface area (Å²) >= 11 is 0. The second-order valence-electron chi connectivity index (χ2n) is 21.0. The van der Waals surface area contributed by atoms with E-state index in [0.717, 1.165) is 38.5 Å². The van der Waals surface area contributed by atoms with Gasteiger partial charge >= 0.3 is 19.8 Å². The second-order valence-corrected chi connectivity index (χ2v) is 22.5. The number of unbranched alkanes of at least 4 members (excludes halogenated alkanes) is 40. The van der Waals surface area contributed by atoms with Crippen LogP contribution >= 0.6 is 7.82 Å². The van der Waals surface area contributed by atoms with Crippen molar-refractivity contribution in [2.24, 2.45) is 0 Å². The first-order chi connectivity index (χ1) is 32.0. The molecule has 0 aromatic carbocycles. The van der Waals surface area contributed by atoms with Crippen molar-refractivity contribution in [2.75, 3.05) is 47.5 Å². The van der Waals surface area contributed by atoms with E-state index in [-0.39, 0.29) is 25.6 Å². The molecule has 1 unspecified atom stereocenters. The smallest absolute Gasteiger partial charge is 0.462 e. The van der Waals surface area contributed by atoms with Crippen LogP contribution < -0.4 is 0 Å². The third-order valence-corrected chi connectivity index (χ3v) is 14.1. The minimum atomic E-state index is -4.38. The maximum absolute atomic E-state index is 12.8. The number of rotatable bonds is 54. The van der Waals surface area contributed by atoms with Crippen LogP contribution in [-0.4, -0.2) is 74.9 Å². The van der Waals surface area contributed by atoms with Gasteiger partial charge in [0.25, 0.3) is 0 Å². The molecule has 2 atom stereocenters. The molecule has 0 aliphatic carbocycles. The molecule has 10 heteroatoms. The quantitative estimate of drug-likeness (QED) is 0.0278. The van der Waals surface area contributed by atoms with Crippen LogP contribution in [0.1, 0.15) is 296 Å². The predicted molar refractivity (Wildman–Crippen MR) is 280 cm³/mol. The summed E-state index contributed by atoms with van der Waals surface area (Å²) < 4.78 is 34.6. The SMILES string of the molecule is CCCCCCCCCCCCCCCCCCCCCCCCCC(=O)OC[C@H](COP(=O)(O)OCC[N+](C)(C)C)OC(=O)CCCCCCCCCCCCCCCCCCCCC. The average molecular weight is 959 g/mol. The van der Waals surface area contributed by atoms with E-state index in [1.807, 2.05) is 21.1 Å². The van der Waals surface area contributed by atoms with Crippen molar-refractivity contribution >= 4 is 19.8 Å². The number of hydrogen-bond acceptors (Lipinski definition) is 7. The number of phosphoric acid groups is 1. The molecule has 0 spiro atoms. The van der Waals surface area contributed by atoms with Gasteiger partial charge in [-0.05, 0) is 12.8 Å². The van der Waals surface area contributed by atoms with Crippen LogP contribution in [0.5, 0.6) is 0 Å². The van der Waals surface area contributed by atoms with Crippen molar-refractivity contribution in [3.05, 3.63) is 0 Å². The number of nitrogens with zero attached hydrogens (tertiary/aromatic N) is 1. The molecule has 1 N–H and O–H groups in total. The normalized spacial score (nSPS) is 13.2. The molecule has 394 valence electrons. The van der Waals surface area contributed by atoms with Gasteiger partial charge in [0.05, 0.1) is 27.7 Å². The van der Waals surface area contributed by atoms with Crippen molar-refractivity contribution in [3.63, 3.8) is 0 Å². The van der Waals surface area contributed by atoms with E-state index < -0.39 is 26.5 Å². The summed E-state index contributed by atoms with van der Waals surface area (Å²) in [5.74, 6) is -0.773. The van der Waals surface area contributed by atoms with Gasteiger partial charge in [-0.2, -0.15) is 0 Å². The fourth-order valence-electron chi connectivity index (χ4n) is 8.67. The summed E-state index contributed by atoms with van der Waals surface area (Å²) in [6.45, 7) is 4.51. The van der Waals surface area contributed by atoms with Gasteiger partial charge in [-0.3, -0.25) is 18.6 Å². The molecule has 0 heterocycles. The molecule has 66 heavy (non-hydrogen) atoms. The molecule has 0 aliphatic rings. The molecule has 0 saturated carbocycles.